The molecule has 8 heteroatoms. The van der Waals surface area contributed by atoms with Crippen LogP contribution in [0.2, 0.25) is 0 Å². The monoisotopic (exact) mass is 641 g/mol. The van der Waals surface area contributed by atoms with Crippen molar-refractivity contribution in [1.82, 2.24) is 9.13 Å². The molecule has 0 unspecified atom stereocenters. The van der Waals surface area contributed by atoms with Gasteiger partial charge in [0.05, 0.1) is 33.8 Å². The van der Waals surface area contributed by atoms with Gasteiger partial charge in [-0.15, -0.1) is 11.3 Å². The molecule has 1 atom stereocenters. The number of ether oxygens (including phenoxy) is 1. The Hall–Kier alpha value is -5.05. The van der Waals surface area contributed by atoms with Crippen LogP contribution in [0.1, 0.15) is 35.9 Å². The molecule has 0 aliphatic carbocycles. The van der Waals surface area contributed by atoms with Gasteiger partial charge >= 0.3 is 5.97 Å². The second-order valence-corrected chi connectivity index (χ2v) is 13.0. The van der Waals surface area contributed by atoms with E-state index in [4.69, 9.17) is 9.73 Å². The molecule has 0 N–H and O–H groups in total. The Kier molecular flexibility index (Phi) is 7.98. The van der Waals surface area contributed by atoms with E-state index in [0.717, 1.165) is 38.6 Å². The van der Waals surface area contributed by atoms with Gasteiger partial charge in [0, 0.05) is 16.1 Å². The van der Waals surface area contributed by atoms with E-state index < -0.39 is 12.0 Å². The number of nitrogens with zero attached hydrogens (tertiary/aromatic N) is 3. The first-order valence-corrected chi connectivity index (χ1v) is 16.8. The summed E-state index contributed by atoms with van der Waals surface area (Å²) in [5.41, 5.74) is 7.96. The highest BCUT2D eigenvalue weighted by molar-refractivity contribution is 7.10. The van der Waals surface area contributed by atoms with Crippen LogP contribution >= 0.6 is 22.7 Å². The second-order valence-electron chi connectivity index (χ2n) is 11.1. The summed E-state index contributed by atoms with van der Waals surface area (Å²) in [6, 6.07) is 34.5. The molecule has 1 aliphatic rings. The highest BCUT2D eigenvalue weighted by Crippen LogP contribution is 2.37. The summed E-state index contributed by atoms with van der Waals surface area (Å²) in [5.74, 6) is -0.453. The Balaban J connectivity index is 1.50. The number of allylic oxidation sites excluding steroid dienone is 1. The molecule has 4 heterocycles. The lowest BCUT2D eigenvalue weighted by molar-refractivity contribution is -0.139. The van der Waals surface area contributed by atoms with Crippen LogP contribution in [-0.2, 0) is 9.53 Å². The minimum Gasteiger partial charge on any atom is -0.463 e. The molecule has 0 saturated carbocycles. The normalized spacial score (nSPS) is 14.7. The van der Waals surface area contributed by atoms with E-state index in [0.29, 0.717) is 20.6 Å². The third kappa shape index (κ3) is 5.29. The van der Waals surface area contributed by atoms with Gasteiger partial charge in [0.2, 0.25) is 0 Å². The molecule has 0 bridgehead atoms. The fraction of sp³-hybridized carbons (Fsp3) is 0.132. The van der Waals surface area contributed by atoms with Crippen molar-refractivity contribution in [1.29, 1.82) is 0 Å². The number of hydrogen-bond donors (Lipinski definition) is 0. The SMILES string of the molecule is CCOC(=O)C1=C(C)N=c2s/c(=C/c3cc(-c4ccccc4)n(-c4ccc(C)cc4)c3-c3ccccc3)c(=O)n2[C@@H]1c1cccs1. The Bertz CT molecular complexity index is 2260. The number of aryl methyl sites for hydroxylation is 1. The number of aromatic nitrogens is 2. The van der Waals surface area contributed by atoms with E-state index in [1.165, 1.54) is 28.2 Å². The molecule has 3 aromatic carbocycles. The molecule has 0 radical (unpaired) electrons. The highest BCUT2D eigenvalue weighted by Gasteiger charge is 2.34. The lowest BCUT2D eigenvalue weighted by atomic mass is 10.0. The molecule has 0 spiro atoms. The standard InChI is InChI=1S/C38H31N3O3S2/c1-4-44-37(43)33-25(3)39-38-41(35(33)31-16-11-21-45-31)36(42)32(46-38)23-28-22-30(26-12-7-5-8-13-26)40(29-19-17-24(2)18-20-29)34(28)27-14-9-6-10-15-27/h5-23,35H,4H2,1-3H3/b32-23+/t35-/m1/s1. The van der Waals surface area contributed by atoms with Gasteiger partial charge < -0.3 is 9.30 Å². The van der Waals surface area contributed by atoms with Crippen molar-refractivity contribution in [2.24, 2.45) is 4.99 Å². The van der Waals surface area contributed by atoms with E-state index in [2.05, 4.69) is 66.1 Å². The van der Waals surface area contributed by atoms with Gasteiger partial charge in [0.15, 0.2) is 4.80 Å². The van der Waals surface area contributed by atoms with Crippen molar-refractivity contribution in [3.05, 3.63) is 155 Å². The molecule has 0 fully saturated rings. The molecule has 3 aromatic heterocycles. The lowest BCUT2D eigenvalue weighted by Gasteiger charge is -2.23. The molecular formula is C38H31N3O3S2. The predicted octanol–water partition coefficient (Wildman–Crippen LogP) is 7.29. The molecule has 0 saturated heterocycles. The summed E-state index contributed by atoms with van der Waals surface area (Å²) in [7, 11) is 0. The molecule has 7 rings (SSSR count). The van der Waals surface area contributed by atoms with Gasteiger partial charge in [-0.1, -0.05) is 95.8 Å². The van der Waals surface area contributed by atoms with E-state index in [1.807, 2.05) is 66.9 Å². The van der Waals surface area contributed by atoms with Crippen LogP contribution < -0.4 is 14.9 Å². The lowest BCUT2D eigenvalue weighted by Crippen LogP contribution is -2.39. The highest BCUT2D eigenvalue weighted by atomic mass is 32.1. The molecule has 228 valence electrons. The number of thiazole rings is 1. The average molecular weight is 642 g/mol. The molecule has 0 amide bonds. The van der Waals surface area contributed by atoms with Crippen molar-refractivity contribution >= 4 is 34.7 Å². The number of hydrogen-bond acceptors (Lipinski definition) is 6. The first-order valence-electron chi connectivity index (χ1n) is 15.1. The van der Waals surface area contributed by atoms with Gasteiger partial charge in [0.25, 0.3) is 5.56 Å². The van der Waals surface area contributed by atoms with Crippen LogP contribution in [-0.4, -0.2) is 21.7 Å². The Morgan fingerprint density at radius 1 is 0.913 bits per heavy atom. The van der Waals surface area contributed by atoms with Crippen LogP contribution in [0.5, 0.6) is 0 Å². The van der Waals surface area contributed by atoms with Crippen molar-refractivity contribution in [2.45, 2.75) is 26.8 Å². The van der Waals surface area contributed by atoms with Gasteiger partial charge in [-0.2, -0.15) is 0 Å². The summed E-state index contributed by atoms with van der Waals surface area (Å²) in [6.07, 6.45) is 1.97. The summed E-state index contributed by atoms with van der Waals surface area (Å²) in [5, 5.41) is 1.95. The first-order chi connectivity index (χ1) is 22.4. The Morgan fingerprint density at radius 2 is 1.61 bits per heavy atom. The Labute approximate surface area is 274 Å². The zero-order valence-corrected chi connectivity index (χ0v) is 27.3. The minimum atomic E-state index is -0.608. The maximum atomic E-state index is 14.4. The van der Waals surface area contributed by atoms with Gasteiger partial charge in [-0.3, -0.25) is 9.36 Å². The van der Waals surface area contributed by atoms with Crippen molar-refractivity contribution in [3.8, 4) is 28.2 Å². The first kappa shape index (κ1) is 29.6. The zero-order chi connectivity index (χ0) is 31.8. The maximum Gasteiger partial charge on any atom is 0.338 e. The van der Waals surface area contributed by atoms with Crippen LogP contribution in [0.15, 0.2) is 130 Å². The van der Waals surface area contributed by atoms with Gasteiger partial charge in [-0.05, 0) is 67.6 Å². The average Bonchev–Trinajstić information content (AvgIpc) is 3.81. The number of esters is 1. The third-order valence-corrected chi connectivity index (χ3v) is 9.96. The van der Waals surface area contributed by atoms with Crippen LogP contribution in [0.25, 0.3) is 34.3 Å². The number of benzene rings is 3. The van der Waals surface area contributed by atoms with E-state index in [1.54, 1.807) is 11.5 Å². The van der Waals surface area contributed by atoms with Gasteiger partial charge in [-0.25, -0.2) is 9.79 Å². The summed E-state index contributed by atoms with van der Waals surface area (Å²) >= 11 is 2.84. The second kappa shape index (κ2) is 12.4. The quantitative estimate of drug-likeness (QED) is 0.172. The molecular weight excluding hydrogens is 611 g/mol. The molecule has 6 nitrogen and oxygen atoms in total. The largest absolute Gasteiger partial charge is 0.463 e. The van der Waals surface area contributed by atoms with E-state index >= 15 is 0 Å². The van der Waals surface area contributed by atoms with Crippen LogP contribution in [0, 0.1) is 6.92 Å². The maximum absolute atomic E-state index is 14.4. The number of carbonyl (C=O) groups is 1. The number of rotatable bonds is 7. The Morgan fingerprint density at radius 3 is 2.26 bits per heavy atom. The fourth-order valence-corrected chi connectivity index (χ4v) is 7.82. The molecule has 6 aromatic rings. The van der Waals surface area contributed by atoms with Gasteiger partial charge in [0.1, 0.15) is 6.04 Å². The van der Waals surface area contributed by atoms with Crippen LogP contribution in [0.4, 0.5) is 0 Å². The van der Waals surface area contributed by atoms with E-state index in [-0.39, 0.29) is 12.2 Å². The number of fused-ring (bicyclic) bond motifs is 1. The predicted molar refractivity (Wildman–Crippen MR) is 186 cm³/mol. The summed E-state index contributed by atoms with van der Waals surface area (Å²) in [4.78, 5) is 33.8. The van der Waals surface area contributed by atoms with Crippen LogP contribution in [0.3, 0.4) is 0 Å². The zero-order valence-electron chi connectivity index (χ0n) is 25.6. The van der Waals surface area contributed by atoms with Crippen molar-refractivity contribution in [3.63, 3.8) is 0 Å². The van der Waals surface area contributed by atoms with E-state index in [9.17, 15) is 9.59 Å². The minimum absolute atomic E-state index is 0.195. The summed E-state index contributed by atoms with van der Waals surface area (Å²) in [6.45, 7) is 5.91. The number of thiophene rings is 1. The third-order valence-electron chi connectivity index (χ3n) is 8.06. The molecule has 1 aliphatic heterocycles. The fourth-order valence-electron chi connectivity index (χ4n) is 5.96. The smallest absolute Gasteiger partial charge is 0.338 e. The number of carbonyl (C=O) groups excluding carboxylic acids is 1. The van der Waals surface area contributed by atoms with Crippen molar-refractivity contribution in [2.75, 3.05) is 6.61 Å². The van der Waals surface area contributed by atoms with Crippen molar-refractivity contribution < 1.29 is 9.53 Å². The molecule has 46 heavy (non-hydrogen) atoms. The topological polar surface area (TPSA) is 65.6 Å². The summed E-state index contributed by atoms with van der Waals surface area (Å²) < 4.78 is 9.89.